The van der Waals surface area contributed by atoms with Crippen LogP contribution >= 0.6 is 0 Å². The van der Waals surface area contributed by atoms with Gasteiger partial charge in [-0.05, 0) is 49.6 Å². The van der Waals surface area contributed by atoms with E-state index in [9.17, 15) is 9.18 Å². The Morgan fingerprint density at radius 2 is 1.83 bits per heavy atom. The third-order valence-corrected chi connectivity index (χ3v) is 4.06. The second kappa shape index (κ2) is 7.81. The largest absolute Gasteiger partial charge is 0.484 e. The summed E-state index contributed by atoms with van der Waals surface area (Å²) >= 11 is 0. The molecule has 1 N–H and O–H groups in total. The number of hydrogen-bond donors (Lipinski definition) is 1. The van der Waals surface area contributed by atoms with E-state index in [1.54, 1.807) is 24.3 Å². The Morgan fingerprint density at radius 3 is 2.58 bits per heavy atom. The quantitative estimate of drug-likeness (QED) is 0.907. The fourth-order valence-corrected chi connectivity index (χ4v) is 2.81. The zero-order chi connectivity index (χ0) is 16.8. The first-order valence-electron chi connectivity index (χ1n) is 8.24. The summed E-state index contributed by atoms with van der Waals surface area (Å²) in [5.41, 5.74) is 1.13. The first kappa shape index (κ1) is 16.3. The highest BCUT2D eigenvalue weighted by molar-refractivity contribution is 5.92. The van der Waals surface area contributed by atoms with E-state index >= 15 is 0 Å². The molecule has 126 valence electrons. The summed E-state index contributed by atoms with van der Waals surface area (Å²) in [6.45, 7) is 1.78. The van der Waals surface area contributed by atoms with Crippen LogP contribution in [-0.2, 0) is 4.79 Å². The maximum Gasteiger partial charge on any atom is 0.262 e. The van der Waals surface area contributed by atoms with Crippen LogP contribution in [0.5, 0.6) is 5.75 Å². The number of nitrogens with one attached hydrogen (secondary N) is 1. The van der Waals surface area contributed by atoms with Crippen LogP contribution in [-0.4, -0.2) is 25.6 Å². The summed E-state index contributed by atoms with van der Waals surface area (Å²) in [6, 6.07) is 13.9. The minimum Gasteiger partial charge on any atom is -0.484 e. The molecule has 0 radical (unpaired) electrons. The molecule has 4 nitrogen and oxygen atoms in total. The van der Waals surface area contributed by atoms with Gasteiger partial charge in [-0.2, -0.15) is 0 Å². The molecule has 0 spiro atoms. The Bertz CT molecular complexity index is 685. The van der Waals surface area contributed by atoms with E-state index in [-0.39, 0.29) is 18.2 Å². The Morgan fingerprint density at radius 1 is 1.08 bits per heavy atom. The number of piperidine rings is 1. The monoisotopic (exact) mass is 328 g/mol. The van der Waals surface area contributed by atoms with Crippen molar-refractivity contribution in [3.63, 3.8) is 0 Å². The Hall–Kier alpha value is -2.56. The molecular formula is C19H21FN2O2. The SMILES string of the molecule is O=C(COc1ccccc1)Nc1cc(N2CCCCC2)ccc1F. The lowest BCUT2D eigenvalue weighted by Gasteiger charge is -2.29. The number of halogens is 1. The van der Waals surface area contributed by atoms with Gasteiger partial charge in [-0.15, -0.1) is 0 Å². The molecule has 2 aromatic rings. The van der Waals surface area contributed by atoms with Crippen LogP contribution in [0.4, 0.5) is 15.8 Å². The van der Waals surface area contributed by atoms with E-state index < -0.39 is 5.82 Å². The van der Waals surface area contributed by atoms with E-state index in [1.807, 2.05) is 18.2 Å². The van der Waals surface area contributed by atoms with Crippen molar-refractivity contribution in [2.45, 2.75) is 19.3 Å². The van der Waals surface area contributed by atoms with E-state index in [2.05, 4.69) is 10.2 Å². The number of amides is 1. The molecule has 0 aliphatic carbocycles. The number of carbonyl (C=O) groups excluding carboxylic acids is 1. The van der Waals surface area contributed by atoms with Crippen LogP contribution in [0.25, 0.3) is 0 Å². The second-order valence-corrected chi connectivity index (χ2v) is 5.86. The van der Waals surface area contributed by atoms with Gasteiger partial charge >= 0.3 is 0 Å². The smallest absolute Gasteiger partial charge is 0.262 e. The number of hydrogen-bond acceptors (Lipinski definition) is 3. The van der Waals surface area contributed by atoms with E-state index in [1.165, 1.54) is 12.5 Å². The lowest BCUT2D eigenvalue weighted by molar-refractivity contribution is -0.118. The van der Waals surface area contributed by atoms with Gasteiger partial charge in [-0.1, -0.05) is 18.2 Å². The van der Waals surface area contributed by atoms with Crippen molar-refractivity contribution in [2.24, 2.45) is 0 Å². The molecule has 0 saturated carbocycles. The van der Waals surface area contributed by atoms with Gasteiger partial charge in [0.15, 0.2) is 6.61 Å². The van der Waals surface area contributed by atoms with Gasteiger partial charge in [0.05, 0.1) is 5.69 Å². The van der Waals surface area contributed by atoms with E-state index in [0.29, 0.717) is 5.75 Å². The Balaban J connectivity index is 1.62. The zero-order valence-corrected chi connectivity index (χ0v) is 13.5. The van der Waals surface area contributed by atoms with Gasteiger partial charge in [0.25, 0.3) is 5.91 Å². The third kappa shape index (κ3) is 4.25. The fraction of sp³-hybridized carbons (Fsp3) is 0.316. The molecule has 1 heterocycles. The standard InChI is InChI=1S/C19H21FN2O2/c20-17-10-9-15(22-11-5-2-6-12-22)13-18(17)21-19(23)14-24-16-7-3-1-4-8-16/h1,3-4,7-10,13H,2,5-6,11-12,14H2,(H,21,23). The van der Waals surface area contributed by atoms with Gasteiger partial charge in [0.2, 0.25) is 0 Å². The number of rotatable bonds is 5. The van der Waals surface area contributed by atoms with Crippen molar-refractivity contribution in [3.8, 4) is 5.75 Å². The zero-order valence-electron chi connectivity index (χ0n) is 13.5. The number of benzene rings is 2. The van der Waals surface area contributed by atoms with Crippen LogP contribution in [0.2, 0.25) is 0 Å². The molecule has 0 atom stereocenters. The molecular weight excluding hydrogens is 307 g/mol. The van der Waals surface area contributed by atoms with Crippen LogP contribution < -0.4 is 15.0 Å². The van der Waals surface area contributed by atoms with Gasteiger partial charge in [0, 0.05) is 18.8 Å². The minimum atomic E-state index is -0.441. The van der Waals surface area contributed by atoms with Crippen molar-refractivity contribution >= 4 is 17.3 Å². The van der Waals surface area contributed by atoms with Gasteiger partial charge in [-0.25, -0.2) is 4.39 Å². The average molecular weight is 328 g/mol. The third-order valence-electron chi connectivity index (χ3n) is 4.06. The van der Waals surface area contributed by atoms with Crippen LogP contribution in [0.15, 0.2) is 48.5 Å². The number of anilines is 2. The van der Waals surface area contributed by atoms with E-state index in [4.69, 9.17) is 4.74 Å². The topological polar surface area (TPSA) is 41.6 Å². The van der Waals surface area contributed by atoms with Gasteiger partial charge in [-0.3, -0.25) is 4.79 Å². The molecule has 1 amide bonds. The summed E-state index contributed by atoms with van der Waals surface area (Å²) in [4.78, 5) is 14.2. The van der Waals surface area contributed by atoms with Crippen molar-refractivity contribution in [1.29, 1.82) is 0 Å². The summed E-state index contributed by atoms with van der Waals surface area (Å²) in [7, 11) is 0. The molecule has 0 bridgehead atoms. The maximum atomic E-state index is 14.0. The molecule has 3 rings (SSSR count). The highest BCUT2D eigenvalue weighted by Crippen LogP contribution is 2.25. The lowest BCUT2D eigenvalue weighted by atomic mass is 10.1. The summed E-state index contributed by atoms with van der Waals surface area (Å²) in [5.74, 6) is -0.215. The number of carbonyl (C=O) groups is 1. The first-order chi connectivity index (χ1) is 11.7. The Labute approximate surface area is 141 Å². The average Bonchev–Trinajstić information content (AvgIpc) is 2.63. The number of para-hydroxylation sites is 1. The molecule has 1 saturated heterocycles. The van der Waals surface area contributed by atoms with Crippen molar-refractivity contribution < 1.29 is 13.9 Å². The van der Waals surface area contributed by atoms with E-state index in [0.717, 1.165) is 31.6 Å². The molecule has 2 aromatic carbocycles. The first-order valence-corrected chi connectivity index (χ1v) is 8.24. The molecule has 0 aromatic heterocycles. The van der Waals surface area contributed by atoms with Crippen molar-refractivity contribution in [2.75, 3.05) is 29.9 Å². The predicted octanol–water partition coefficient (Wildman–Crippen LogP) is 3.83. The molecule has 24 heavy (non-hydrogen) atoms. The molecule has 5 heteroatoms. The molecule has 1 fully saturated rings. The minimum absolute atomic E-state index is 0.155. The molecule has 0 unspecified atom stereocenters. The van der Waals surface area contributed by atoms with Crippen LogP contribution in [0.3, 0.4) is 0 Å². The van der Waals surface area contributed by atoms with Crippen LogP contribution in [0.1, 0.15) is 19.3 Å². The molecule has 1 aliphatic rings. The highest BCUT2D eigenvalue weighted by Gasteiger charge is 2.14. The lowest BCUT2D eigenvalue weighted by Crippen LogP contribution is -2.29. The number of ether oxygens (including phenoxy) is 1. The second-order valence-electron chi connectivity index (χ2n) is 5.86. The van der Waals surface area contributed by atoms with Gasteiger partial charge in [0.1, 0.15) is 11.6 Å². The normalized spacial score (nSPS) is 14.3. The Kier molecular flexibility index (Phi) is 5.31. The van der Waals surface area contributed by atoms with Crippen molar-refractivity contribution in [1.82, 2.24) is 0 Å². The van der Waals surface area contributed by atoms with Crippen LogP contribution in [0, 0.1) is 5.82 Å². The predicted molar refractivity (Wildman–Crippen MR) is 93.0 cm³/mol. The maximum absolute atomic E-state index is 14.0. The molecule has 1 aliphatic heterocycles. The number of nitrogens with zero attached hydrogens (tertiary/aromatic N) is 1. The summed E-state index contributed by atoms with van der Waals surface area (Å²) < 4.78 is 19.4. The fourth-order valence-electron chi connectivity index (χ4n) is 2.81. The highest BCUT2D eigenvalue weighted by atomic mass is 19.1. The van der Waals surface area contributed by atoms with Gasteiger partial charge < -0.3 is 15.0 Å². The van der Waals surface area contributed by atoms with Crippen molar-refractivity contribution in [3.05, 3.63) is 54.3 Å². The summed E-state index contributed by atoms with van der Waals surface area (Å²) in [6.07, 6.45) is 3.52. The summed E-state index contributed by atoms with van der Waals surface area (Å²) in [5, 5.41) is 2.59.